The fraction of sp³-hybridized carbons (Fsp3) is 0.588. The van der Waals surface area contributed by atoms with Crippen molar-refractivity contribution in [2.75, 3.05) is 32.4 Å². The van der Waals surface area contributed by atoms with E-state index < -0.39 is 9.84 Å². The Bertz CT molecular complexity index is 620. The Labute approximate surface area is 139 Å². The minimum atomic E-state index is -3.29. The molecule has 1 fully saturated rings. The van der Waals surface area contributed by atoms with E-state index >= 15 is 0 Å². The highest BCUT2D eigenvalue weighted by Crippen LogP contribution is 2.12. The summed E-state index contributed by atoms with van der Waals surface area (Å²) in [6.07, 6.45) is 7.24. The molecule has 0 bridgehead atoms. The zero-order chi connectivity index (χ0) is 16.7. The predicted molar refractivity (Wildman–Crippen MR) is 91.4 cm³/mol. The van der Waals surface area contributed by atoms with E-state index in [1.165, 1.54) is 37.8 Å². The molecule has 0 aliphatic carbocycles. The Morgan fingerprint density at radius 1 is 1.17 bits per heavy atom. The molecule has 1 aliphatic rings. The van der Waals surface area contributed by atoms with Crippen molar-refractivity contribution in [3.8, 4) is 0 Å². The first kappa shape index (κ1) is 17.9. The molecule has 0 atom stereocenters. The highest BCUT2D eigenvalue weighted by molar-refractivity contribution is 7.90. The third kappa shape index (κ3) is 5.95. The smallest absolute Gasteiger partial charge is 0.251 e. The quantitative estimate of drug-likeness (QED) is 0.807. The number of likely N-dealkylation sites (tertiary alicyclic amines) is 1. The van der Waals surface area contributed by atoms with Gasteiger partial charge >= 0.3 is 0 Å². The summed E-state index contributed by atoms with van der Waals surface area (Å²) >= 11 is 0. The summed E-state index contributed by atoms with van der Waals surface area (Å²) in [5.41, 5.74) is 0.391. The molecule has 128 valence electrons. The summed E-state index contributed by atoms with van der Waals surface area (Å²) < 4.78 is 23.1. The van der Waals surface area contributed by atoms with Crippen molar-refractivity contribution in [3.05, 3.63) is 29.8 Å². The molecule has 2 rings (SSSR count). The lowest BCUT2D eigenvalue weighted by Gasteiger charge is -2.19. The van der Waals surface area contributed by atoms with Crippen molar-refractivity contribution in [3.63, 3.8) is 0 Å². The minimum Gasteiger partial charge on any atom is -0.352 e. The molecule has 0 saturated carbocycles. The van der Waals surface area contributed by atoms with Gasteiger partial charge in [0.15, 0.2) is 9.84 Å². The zero-order valence-corrected chi connectivity index (χ0v) is 14.6. The number of sulfone groups is 1. The first-order valence-corrected chi connectivity index (χ1v) is 10.2. The van der Waals surface area contributed by atoms with E-state index in [0.29, 0.717) is 12.1 Å². The summed E-state index contributed by atoms with van der Waals surface area (Å²) in [5, 5.41) is 2.87. The number of carbonyl (C=O) groups is 1. The van der Waals surface area contributed by atoms with Crippen LogP contribution in [0.5, 0.6) is 0 Å². The van der Waals surface area contributed by atoms with Gasteiger partial charge in [0.05, 0.1) is 4.90 Å². The maximum atomic E-state index is 12.1. The lowest BCUT2D eigenvalue weighted by molar-refractivity contribution is 0.0951. The summed E-state index contributed by atoms with van der Waals surface area (Å²) in [7, 11) is -3.29. The third-order valence-electron chi connectivity index (χ3n) is 4.16. The number of nitrogens with one attached hydrogen (secondary N) is 1. The van der Waals surface area contributed by atoms with Crippen LogP contribution in [0.1, 0.15) is 42.5 Å². The van der Waals surface area contributed by atoms with Crippen molar-refractivity contribution in [1.29, 1.82) is 0 Å². The Morgan fingerprint density at radius 3 is 2.52 bits per heavy atom. The summed E-state index contributed by atoms with van der Waals surface area (Å²) in [6, 6.07) is 6.17. The van der Waals surface area contributed by atoms with E-state index in [2.05, 4.69) is 10.2 Å². The summed E-state index contributed by atoms with van der Waals surface area (Å²) in [5.74, 6) is -0.216. The molecular formula is C17H26N2O3S. The molecule has 1 aromatic rings. The van der Waals surface area contributed by atoms with Crippen LogP contribution in [-0.2, 0) is 9.84 Å². The maximum absolute atomic E-state index is 12.1. The second-order valence-electron chi connectivity index (χ2n) is 6.17. The molecule has 1 N–H and O–H groups in total. The van der Waals surface area contributed by atoms with Crippen LogP contribution in [0, 0.1) is 0 Å². The number of nitrogens with zero attached hydrogens (tertiary/aromatic N) is 1. The van der Waals surface area contributed by atoms with E-state index in [-0.39, 0.29) is 10.8 Å². The van der Waals surface area contributed by atoms with Crippen molar-refractivity contribution in [2.24, 2.45) is 0 Å². The Morgan fingerprint density at radius 2 is 1.87 bits per heavy atom. The van der Waals surface area contributed by atoms with Gasteiger partial charge in [-0.25, -0.2) is 8.42 Å². The van der Waals surface area contributed by atoms with E-state index in [0.717, 1.165) is 32.3 Å². The van der Waals surface area contributed by atoms with Crippen molar-refractivity contribution in [2.45, 2.75) is 37.0 Å². The average Bonchev–Trinajstić information content (AvgIpc) is 2.79. The zero-order valence-electron chi connectivity index (χ0n) is 13.8. The number of carbonyl (C=O) groups excluding carboxylic acids is 1. The topological polar surface area (TPSA) is 66.5 Å². The second-order valence-corrected chi connectivity index (χ2v) is 8.18. The number of rotatable bonds is 6. The number of amides is 1. The molecule has 0 unspecified atom stereocenters. The maximum Gasteiger partial charge on any atom is 0.251 e. The second kappa shape index (κ2) is 8.45. The largest absolute Gasteiger partial charge is 0.352 e. The molecule has 0 aromatic heterocycles. The molecule has 5 nitrogen and oxygen atoms in total. The summed E-state index contributed by atoms with van der Waals surface area (Å²) in [6.45, 7) is 3.93. The minimum absolute atomic E-state index is 0.176. The molecule has 1 aromatic carbocycles. The van der Waals surface area contributed by atoms with Gasteiger partial charge in [-0.2, -0.15) is 0 Å². The van der Waals surface area contributed by atoms with Crippen LogP contribution in [0.25, 0.3) is 0 Å². The Hall–Kier alpha value is -1.40. The van der Waals surface area contributed by atoms with Crippen LogP contribution in [0.15, 0.2) is 29.2 Å². The molecular weight excluding hydrogens is 312 g/mol. The van der Waals surface area contributed by atoms with Gasteiger partial charge in [0.1, 0.15) is 0 Å². The van der Waals surface area contributed by atoms with Gasteiger partial charge in [0, 0.05) is 18.4 Å². The van der Waals surface area contributed by atoms with Gasteiger partial charge in [-0.3, -0.25) is 4.79 Å². The number of benzene rings is 1. The van der Waals surface area contributed by atoms with Gasteiger partial charge in [0.25, 0.3) is 5.91 Å². The van der Waals surface area contributed by atoms with Gasteiger partial charge in [-0.1, -0.05) is 18.9 Å². The van der Waals surface area contributed by atoms with E-state index in [1.807, 2.05) is 0 Å². The lowest BCUT2D eigenvalue weighted by Crippen LogP contribution is -2.30. The molecule has 23 heavy (non-hydrogen) atoms. The van der Waals surface area contributed by atoms with Crippen LogP contribution in [-0.4, -0.2) is 51.7 Å². The molecule has 1 saturated heterocycles. The fourth-order valence-electron chi connectivity index (χ4n) is 2.83. The average molecular weight is 338 g/mol. The number of hydrogen-bond donors (Lipinski definition) is 1. The molecule has 1 aliphatic heterocycles. The van der Waals surface area contributed by atoms with E-state index in [9.17, 15) is 13.2 Å². The molecule has 1 amide bonds. The molecule has 0 spiro atoms. The van der Waals surface area contributed by atoms with Gasteiger partial charge in [-0.15, -0.1) is 0 Å². The van der Waals surface area contributed by atoms with Crippen LogP contribution >= 0.6 is 0 Å². The third-order valence-corrected chi connectivity index (χ3v) is 5.27. The van der Waals surface area contributed by atoms with E-state index in [1.54, 1.807) is 12.1 Å². The fourth-order valence-corrected chi connectivity index (χ4v) is 3.50. The highest BCUT2D eigenvalue weighted by atomic mass is 32.2. The standard InChI is InChI=1S/C17H26N2O3S/c1-23(21,22)16-9-6-8-15(14-16)17(20)18-10-7-13-19-11-4-2-3-5-12-19/h6,8-9,14H,2-5,7,10-13H2,1H3,(H,18,20). The molecule has 6 heteroatoms. The van der Waals surface area contributed by atoms with Crippen LogP contribution in [0.4, 0.5) is 0 Å². The van der Waals surface area contributed by atoms with Crippen molar-refractivity contribution < 1.29 is 13.2 Å². The Balaban J connectivity index is 1.78. The van der Waals surface area contributed by atoms with Gasteiger partial charge in [0.2, 0.25) is 0 Å². The first-order chi connectivity index (χ1) is 11.0. The van der Waals surface area contributed by atoms with Gasteiger partial charge in [-0.05, 0) is 57.1 Å². The lowest BCUT2D eigenvalue weighted by atomic mass is 10.2. The highest BCUT2D eigenvalue weighted by Gasteiger charge is 2.12. The summed E-state index contributed by atoms with van der Waals surface area (Å²) in [4.78, 5) is 14.7. The Kier molecular flexibility index (Phi) is 6.59. The van der Waals surface area contributed by atoms with Crippen molar-refractivity contribution in [1.82, 2.24) is 10.2 Å². The first-order valence-electron chi connectivity index (χ1n) is 8.27. The molecule has 1 heterocycles. The van der Waals surface area contributed by atoms with Crippen molar-refractivity contribution >= 4 is 15.7 Å². The van der Waals surface area contributed by atoms with Crippen LogP contribution in [0.3, 0.4) is 0 Å². The molecule has 0 radical (unpaired) electrons. The van der Waals surface area contributed by atoms with Crippen LogP contribution < -0.4 is 5.32 Å². The predicted octanol–water partition coefficient (Wildman–Crippen LogP) is 2.09. The normalized spacial score (nSPS) is 16.7. The monoisotopic (exact) mass is 338 g/mol. The van der Waals surface area contributed by atoms with Gasteiger partial charge < -0.3 is 10.2 Å². The van der Waals surface area contributed by atoms with E-state index in [4.69, 9.17) is 0 Å². The number of hydrogen-bond acceptors (Lipinski definition) is 4. The SMILES string of the molecule is CS(=O)(=O)c1cccc(C(=O)NCCCN2CCCCCC2)c1. The van der Waals surface area contributed by atoms with Crippen LogP contribution in [0.2, 0.25) is 0 Å².